The first-order chi connectivity index (χ1) is 17.0. The van der Waals surface area contributed by atoms with Gasteiger partial charge in [-0.2, -0.15) is 18.3 Å². The number of carbonyl (C=O) groups excluding carboxylic acids is 1. The van der Waals surface area contributed by atoms with Crippen molar-refractivity contribution in [2.45, 2.75) is 18.3 Å². The van der Waals surface area contributed by atoms with Crippen LogP contribution >= 0.6 is 0 Å². The second-order valence-corrected chi connectivity index (χ2v) is 8.51. The summed E-state index contributed by atoms with van der Waals surface area (Å²) < 4.78 is 66.8. The lowest BCUT2D eigenvalue weighted by molar-refractivity contribution is -0.167. The number of carbonyl (C=O) groups is 1. The molecule has 0 spiro atoms. The Morgan fingerprint density at radius 1 is 1.00 bits per heavy atom. The molecule has 1 aliphatic rings. The summed E-state index contributed by atoms with van der Waals surface area (Å²) >= 11 is 0. The Hall–Kier alpha value is -3.58. The second kappa shape index (κ2) is 10.2. The van der Waals surface area contributed by atoms with Crippen LogP contribution in [0.15, 0.2) is 55.1 Å². The number of amides is 1. The van der Waals surface area contributed by atoms with Crippen LogP contribution in [0.4, 0.5) is 33.3 Å². The molecule has 8 nitrogen and oxygen atoms in total. The molecule has 1 aliphatic heterocycles. The largest absolute Gasteiger partial charge is 0.471 e. The number of hydrogen-bond donors (Lipinski definition) is 2. The molecule has 1 saturated heterocycles. The van der Waals surface area contributed by atoms with Crippen molar-refractivity contribution in [3.8, 4) is 0 Å². The highest BCUT2D eigenvalue weighted by Crippen LogP contribution is 2.29. The number of alkyl halides is 3. The van der Waals surface area contributed by atoms with Gasteiger partial charge >= 0.3 is 12.1 Å². The van der Waals surface area contributed by atoms with Crippen LogP contribution in [0.3, 0.4) is 0 Å². The number of nitrogens with zero attached hydrogens (tertiary/aromatic N) is 5. The van der Waals surface area contributed by atoms with Crippen molar-refractivity contribution in [2.75, 3.05) is 42.9 Å². The summed E-state index contributed by atoms with van der Waals surface area (Å²) in [6, 6.07) is 9.02. The maximum Gasteiger partial charge on any atom is 0.471 e. The number of aliphatic hydroxyl groups is 1. The fraction of sp³-hybridized carbons (Fsp3) is 0.348. The van der Waals surface area contributed by atoms with Gasteiger partial charge in [0, 0.05) is 55.7 Å². The van der Waals surface area contributed by atoms with E-state index in [-0.39, 0.29) is 24.3 Å². The first-order valence-corrected chi connectivity index (χ1v) is 11.0. The van der Waals surface area contributed by atoms with Gasteiger partial charge < -0.3 is 15.3 Å². The number of benzene rings is 2. The molecule has 1 unspecified atom stereocenters. The molecule has 1 amide bonds. The summed E-state index contributed by atoms with van der Waals surface area (Å²) in [5, 5.41) is 17.3. The number of hydrogen-bond acceptors (Lipinski definition) is 6. The summed E-state index contributed by atoms with van der Waals surface area (Å²) in [6.45, 7) is 2.00. The lowest BCUT2D eigenvalue weighted by Gasteiger charge is -2.40. The standard InChI is InChI=1S/C23H23F5N6O2/c24-16-1-6-19(20(25)11-16)22(36,13-34-15-29-14-30-34)12-32-7-9-33(10-8-32)18-4-2-17(3-5-18)31-21(35)23(26,27)28/h1-6,11,14-15,36H,7-10,12-13H2,(H,31,35). The minimum atomic E-state index is -4.97. The third kappa shape index (κ3) is 5.97. The van der Waals surface area contributed by atoms with E-state index in [1.54, 1.807) is 17.4 Å². The molecular weight excluding hydrogens is 487 g/mol. The van der Waals surface area contributed by atoms with Crippen LogP contribution < -0.4 is 10.2 Å². The Labute approximate surface area is 203 Å². The van der Waals surface area contributed by atoms with Crippen LogP contribution in [0.25, 0.3) is 0 Å². The molecule has 13 heteroatoms. The zero-order valence-corrected chi connectivity index (χ0v) is 18.9. The molecule has 36 heavy (non-hydrogen) atoms. The van der Waals surface area contributed by atoms with Gasteiger partial charge in [0.25, 0.3) is 0 Å². The monoisotopic (exact) mass is 510 g/mol. The molecule has 0 saturated carbocycles. The minimum Gasteiger partial charge on any atom is -0.382 e. The van der Waals surface area contributed by atoms with E-state index in [0.717, 1.165) is 17.8 Å². The third-order valence-corrected chi connectivity index (χ3v) is 5.93. The van der Waals surface area contributed by atoms with E-state index in [1.807, 2.05) is 9.80 Å². The zero-order chi connectivity index (χ0) is 25.9. The number of piperazine rings is 1. The molecule has 1 atom stereocenters. The maximum atomic E-state index is 14.6. The molecule has 0 aliphatic carbocycles. The predicted octanol–water partition coefficient (Wildman–Crippen LogP) is 2.77. The summed E-state index contributed by atoms with van der Waals surface area (Å²) in [6.07, 6.45) is -2.28. The molecule has 2 N–H and O–H groups in total. The van der Waals surface area contributed by atoms with Crippen LogP contribution in [0.2, 0.25) is 0 Å². The fourth-order valence-corrected chi connectivity index (χ4v) is 4.16. The molecule has 192 valence electrons. The normalized spacial score (nSPS) is 16.6. The molecule has 2 aromatic carbocycles. The summed E-state index contributed by atoms with van der Waals surface area (Å²) in [4.78, 5) is 18.9. The van der Waals surface area contributed by atoms with Crippen LogP contribution in [-0.4, -0.2) is 69.6 Å². The Morgan fingerprint density at radius 3 is 2.28 bits per heavy atom. The van der Waals surface area contributed by atoms with Crippen LogP contribution in [0.5, 0.6) is 0 Å². The van der Waals surface area contributed by atoms with Crippen LogP contribution in [0.1, 0.15) is 5.56 Å². The van der Waals surface area contributed by atoms with Gasteiger partial charge in [0.1, 0.15) is 29.9 Å². The first-order valence-electron chi connectivity index (χ1n) is 11.0. The van der Waals surface area contributed by atoms with Gasteiger partial charge in [0.05, 0.1) is 6.54 Å². The number of rotatable bonds is 7. The first kappa shape index (κ1) is 25.5. The zero-order valence-electron chi connectivity index (χ0n) is 18.9. The number of β-amino-alcohol motifs (C(OH)–C–C–N with tert-alkyl or cyclic N) is 1. The molecular formula is C23H23F5N6O2. The van der Waals surface area contributed by atoms with E-state index in [4.69, 9.17) is 0 Å². The lowest BCUT2D eigenvalue weighted by atomic mass is 9.92. The molecule has 1 fully saturated rings. The maximum absolute atomic E-state index is 14.6. The number of nitrogens with one attached hydrogen (secondary N) is 1. The van der Waals surface area contributed by atoms with E-state index < -0.39 is 29.3 Å². The van der Waals surface area contributed by atoms with Gasteiger partial charge in [-0.05, 0) is 30.3 Å². The summed E-state index contributed by atoms with van der Waals surface area (Å²) in [5.41, 5.74) is -0.994. The summed E-state index contributed by atoms with van der Waals surface area (Å²) in [5.74, 6) is -3.66. The van der Waals surface area contributed by atoms with Crippen molar-refractivity contribution < 1.29 is 31.9 Å². The second-order valence-electron chi connectivity index (χ2n) is 8.51. The van der Waals surface area contributed by atoms with E-state index >= 15 is 0 Å². The van der Waals surface area contributed by atoms with Gasteiger partial charge in [0.15, 0.2) is 0 Å². The van der Waals surface area contributed by atoms with Crippen LogP contribution in [-0.2, 0) is 16.9 Å². The van der Waals surface area contributed by atoms with E-state index in [9.17, 15) is 31.9 Å². The smallest absolute Gasteiger partial charge is 0.382 e. The Bertz CT molecular complexity index is 1180. The molecule has 0 radical (unpaired) electrons. The fourth-order valence-electron chi connectivity index (χ4n) is 4.16. The average Bonchev–Trinajstić information content (AvgIpc) is 3.32. The van der Waals surface area contributed by atoms with Crippen LogP contribution in [0, 0.1) is 11.6 Å². The number of aromatic nitrogens is 3. The van der Waals surface area contributed by atoms with Crippen molar-refractivity contribution >= 4 is 17.3 Å². The van der Waals surface area contributed by atoms with Crippen molar-refractivity contribution in [1.29, 1.82) is 0 Å². The Kier molecular flexibility index (Phi) is 7.22. The highest BCUT2D eigenvalue weighted by Gasteiger charge is 2.39. The van der Waals surface area contributed by atoms with Gasteiger partial charge in [-0.15, -0.1) is 0 Å². The highest BCUT2D eigenvalue weighted by molar-refractivity contribution is 5.95. The predicted molar refractivity (Wildman–Crippen MR) is 120 cm³/mol. The minimum absolute atomic E-state index is 0.0270. The number of anilines is 2. The van der Waals surface area contributed by atoms with E-state index in [0.29, 0.717) is 26.2 Å². The van der Waals surface area contributed by atoms with Gasteiger partial charge in [0.2, 0.25) is 0 Å². The van der Waals surface area contributed by atoms with Crippen molar-refractivity contribution in [3.63, 3.8) is 0 Å². The molecule has 2 heterocycles. The van der Waals surface area contributed by atoms with Gasteiger partial charge in [-0.1, -0.05) is 6.07 Å². The molecule has 1 aromatic heterocycles. The lowest BCUT2D eigenvalue weighted by Crippen LogP contribution is -2.52. The topological polar surface area (TPSA) is 86.5 Å². The molecule has 0 bridgehead atoms. The molecule has 4 rings (SSSR count). The molecule has 3 aromatic rings. The third-order valence-electron chi connectivity index (χ3n) is 5.93. The Morgan fingerprint density at radius 2 is 1.69 bits per heavy atom. The average molecular weight is 510 g/mol. The quantitative estimate of drug-likeness (QED) is 0.476. The van der Waals surface area contributed by atoms with Gasteiger partial charge in [-0.3, -0.25) is 9.69 Å². The van der Waals surface area contributed by atoms with E-state index in [2.05, 4.69) is 10.1 Å². The van der Waals surface area contributed by atoms with Crippen molar-refractivity contribution in [2.24, 2.45) is 0 Å². The highest BCUT2D eigenvalue weighted by atomic mass is 19.4. The van der Waals surface area contributed by atoms with E-state index in [1.165, 1.54) is 35.5 Å². The van der Waals surface area contributed by atoms with Crippen molar-refractivity contribution in [3.05, 3.63) is 72.3 Å². The Balaban J connectivity index is 1.41. The summed E-state index contributed by atoms with van der Waals surface area (Å²) in [7, 11) is 0. The number of halogens is 5. The van der Waals surface area contributed by atoms with Gasteiger partial charge in [-0.25, -0.2) is 18.4 Å². The SMILES string of the molecule is O=C(Nc1ccc(N2CCN(CC(O)(Cn3cncn3)c3ccc(F)cc3F)CC2)cc1)C(F)(F)F. The van der Waals surface area contributed by atoms with Crippen molar-refractivity contribution in [1.82, 2.24) is 19.7 Å².